The van der Waals surface area contributed by atoms with Crippen LogP contribution >= 0.6 is 0 Å². The summed E-state index contributed by atoms with van der Waals surface area (Å²) in [4.78, 5) is 12.2. The predicted octanol–water partition coefficient (Wildman–Crippen LogP) is 1.52. The van der Waals surface area contributed by atoms with Crippen molar-refractivity contribution in [3.8, 4) is 0 Å². The van der Waals surface area contributed by atoms with Gasteiger partial charge in [-0.15, -0.1) is 0 Å². The summed E-state index contributed by atoms with van der Waals surface area (Å²) in [5.41, 5.74) is 0.974. The van der Waals surface area contributed by atoms with Gasteiger partial charge in [-0.2, -0.15) is 0 Å². The molecule has 5 nitrogen and oxygen atoms in total. The smallest absolute Gasteiger partial charge is 0.224 e. The third-order valence-electron chi connectivity index (χ3n) is 4.52. The van der Waals surface area contributed by atoms with E-state index in [1.54, 1.807) is 7.11 Å². The fraction of sp³-hybridized carbons (Fsp3) is 0.421. The van der Waals surface area contributed by atoms with Crippen molar-refractivity contribution in [3.63, 3.8) is 0 Å². The summed E-state index contributed by atoms with van der Waals surface area (Å²) in [7, 11) is 1.55. The van der Waals surface area contributed by atoms with Crippen molar-refractivity contribution >= 4 is 16.7 Å². The number of carbonyl (C=O) groups excluding carboxylic acids is 1. The molecule has 2 N–H and O–H groups in total. The van der Waals surface area contributed by atoms with E-state index in [0.717, 1.165) is 16.3 Å². The Morgan fingerprint density at radius 3 is 2.83 bits per heavy atom. The molecule has 1 fully saturated rings. The average Bonchev–Trinajstić information content (AvgIpc) is 2.61. The highest BCUT2D eigenvalue weighted by molar-refractivity contribution is 5.85. The zero-order valence-corrected chi connectivity index (χ0v) is 13.8. The topological polar surface area (TPSA) is 67.8 Å². The molecule has 5 heteroatoms. The van der Waals surface area contributed by atoms with Gasteiger partial charge in [-0.3, -0.25) is 4.79 Å². The van der Waals surface area contributed by atoms with Crippen LogP contribution in [0.3, 0.4) is 0 Å². The van der Waals surface area contributed by atoms with Gasteiger partial charge in [0, 0.05) is 19.6 Å². The highest BCUT2D eigenvalue weighted by Crippen LogP contribution is 2.18. The van der Waals surface area contributed by atoms with Crippen molar-refractivity contribution < 1.29 is 19.4 Å². The standard InChI is InChI=1S/C19H23NO4/c1-23-17-12-24-11-16(19(17)22)10-20-18(21)9-13-6-7-14-4-2-3-5-15(14)8-13/h2-8,16-17,19,22H,9-12H2,1H3,(H,20,21)/t16-,17-,19+/m1/s1. The van der Waals surface area contributed by atoms with Crippen LogP contribution in [0.4, 0.5) is 0 Å². The lowest BCUT2D eigenvalue weighted by Gasteiger charge is -2.33. The molecule has 1 aliphatic rings. The Morgan fingerprint density at radius 1 is 1.25 bits per heavy atom. The molecule has 0 saturated carbocycles. The summed E-state index contributed by atoms with van der Waals surface area (Å²) in [5.74, 6) is -0.207. The lowest BCUT2D eigenvalue weighted by Crippen LogP contribution is -2.49. The van der Waals surface area contributed by atoms with E-state index in [-0.39, 0.29) is 17.9 Å². The van der Waals surface area contributed by atoms with Crippen LogP contribution in [-0.4, -0.2) is 50.1 Å². The maximum absolute atomic E-state index is 12.2. The zero-order chi connectivity index (χ0) is 16.9. The Balaban J connectivity index is 1.55. The van der Waals surface area contributed by atoms with Crippen LogP contribution in [0.2, 0.25) is 0 Å². The Labute approximate surface area is 141 Å². The molecule has 1 amide bonds. The Kier molecular flexibility index (Phi) is 5.45. The van der Waals surface area contributed by atoms with Gasteiger partial charge >= 0.3 is 0 Å². The van der Waals surface area contributed by atoms with Crippen molar-refractivity contribution in [1.29, 1.82) is 0 Å². The number of benzene rings is 2. The number of aliphatic hydroxyl groups excluding tert-OH is 1. The van der Waals surface area contributed by atoms with Crippen molar-refractivity contribution in [1.82, 2.24) is 5.32 Å². The normalized spacial score (nSPS) is 24.0. The minimum absolute atomic E-state index is 0.0583. The fourth-order valence-corrected chi connectivity index (χ4v) is 3.07. The summed E-state index contributed by atoms with van der Waals surface area (Å²) < 4.78 is 10.6. The molecule has 0 spiro atoms. The van der Waals surface area contributed by atoms with Crippen LogP contribution in [0, 0.1) is 5.92 Å². The molecule has 0 radical (unpaired) electrons. The molecule has 2 aromatic carbocycles. The van der Waals surface area contributed by atoms with E-state index in [0.29, 0.717) is 26.2 Å². The maximum Gasteiger partial charge on any atom is 0.224 e. The number of rotatable bonds is 5. The van der Waals surface area contributed by atoms with Gasteiger partial charge in [-0.05, 0) is 16.3 Å². The predicted molar refractivity (Wildman–Crippen MR) is 91.8 cm³/mol. The van der Waals surface area contributed by atoms with E-state index >= 15 is 0 Å². The van der Waals surface area contributed by atoms with Gasteiger partial charge in [0.2, 0.25) is 5.91 Å². The molecule has 0 bridgehead atoms. The highest BCUT2D eigenvalue weighted by atomic mass is 16.5. The van der Waals surface area contributed by atoms with Crippen LogP contribution in [0.1, 0.15) is 5.56 Å². The summed E-state index contributed by atoms with van der Waals surface area (Å²) in [6.45, 7) is 1.20. The van der Waals surface area contributed by atoms with E-state index < -0.39 is 6.10 Å². The molecule has 24 heavy (non-hydrogen) atoms. The lowest BCUT2D eigenvalue weighted by molar-refractivity contribution is -0.136. The average molecular weight is 329 g/mol. The molecule has 3 rings (SSSR count). The minimum atomic E-state index is -0.621. The molecule has 1 heterocycles. The number of aliphatic hydroxyl groups is 1. The largest absolute Gasteiger partial charge is 0.390 e. The Morgan fingerprint density at radius 2 is 2.04 bits per heavy atom. The molecule has 3 atom stereocenters. The van der Waals surface area contributed by atoms with Crippen LogP contribution < -0.4 is 5.32 Å². The molecule has 0 unspecified atom stereocenters. The van der Waals surface area contributed by atoms with Crippen LogP contribution in [-0.2, 0) is 20.7 Å². The number of carbonyl (C=O) groups is 1. The first kappa shape index (κ1) is 16.9. The Bertz CT molecular complexity index is 703. The molecule has 1 saturated heterocycles. The van der Waals surface area contributed by atoms with Gasteiger partial charge in [0.25, 0.3) is 0 Å². The first-order valence-corrected chi connectivity index (χ1v) is 8.20. The number of hydrogen-bond acceptors (Lipinski definition) is 4. The second-order valence-electron chi connectivity index (χ2n) is 6.22. The van der Waals surface area contributed by atoms with E-state index in [1.165, 1.54) is 0 Å². The van der Waals surface area contributed by atoms with Gasteiger partial charge in [0.05, 0.1) is 25.7 Å². The van der Waals surface area contributed by atoms with Gasteiger partial charge in [-0.25, -0.2) is 0 Å². The van der Waals surface area contributed by atoms with Gasteiger partial charge in [-0.1, -0.05) is 42.5 Å². The summed E-state index contributed by atoms with van der Waals surface area (Å²) in [6, 6.07) is 14.1. The molecular formula is C19H23NO4. The fourth-order valence-electron chi connectivity index (χ4n) is 3.07. The van der Waals surface area contributed by atoms with Crippen LogP contribution in [0.25, 0.3) is 10.8 Å². The quantitative estimate of drug-likeness (QED) is 0.873. The van der Waals surface area contributed by atoms with E-state index in [9.17, 15) is 9.90 Å². The summed E-state index contributed by atoms with van der Waals surface area (Å²) >= 11 is 0. The van der Waals surface area contributed by atoms with Crippen molar-refractivity contribution in [2.45, 2.75) is 18.6 Å². The van der Waals surface area contributed by atoms with Crippen LogP contribution in [0.5, 0.6) is 0 Å². The molecular weight excluding hydrogens is 306 g/mol. The SMILES string of the molecule is CO[C@@H]1COC[C@@H](CNC(=O)Cc2ccc3ccccc3c2)[C@@H]1O. The Hall–Kier alpha value is -1.95. The first-order chi connectivity index (χ1) is 11.7. The molecule has 1 aliphatic heterocycles. The van der Waals surface area contributed by atoms with Crippen LogP contribution in [0.15, 0.2) is 42.5 Å². The van der Waals surface area contributed by atoms with Gasteiger partial charge < -0.3 is 19.9 Å². The van der Waals surface area contributed by atoms with Crippen molar-refractivity contribution in [3.05, 3.63) is 48.0 Å². The molecule has 0 aliphatic carbocycles. The number of fused-ring (bicyclic) bond motifs is 1. The van der Waals surface area contributed by atoms with Gasteiger partial charge in [0.15, 0.2) is 0 Å². The number of hydrogen-bond donors (Lipinski definition) is 2. The number of methoxy groups -OCH3 is 1. The second-order valence-corrected chi connectivity index (χ2v) is 6.22. The maximum atomic E-state index is 12.2. The zero-order valence-electron chi connectivity index (χ0n) is 13.8. The third-order valence-corrected chi connectivity index (χ3v) is 4.52. The van der Waals surface area contributed by atoms with Crippen molar-refractivity contribution in [2.75, 3.05) is 26.9 Å². The van der Waals surface area contributed by atoms with Crippen molar-refractivity contribution in [2.24, 2.45) is 5.92 Å². The van der Waals surface area contributed by atoms with E-state index in [4.69, 9.17) is 9.47 Å². The highest BCUT2D eigenvalue weighted by Gasteiger charge is 2.32. The third kappa shape index (κ3) is 3.93. The first-order valence-electron chi connectivity index (χ1n) is 8.20. The van der Waals surface area contributed by atoms with Gasteiger partial charge in [0.1, 0.15) is 6.10 Å². The second kappa shape index (κ2) is 7.75. The van der Waals surface area contributed by atoms with E-state index in [1.807, 2.05) is 36.4 Å². The molecule has 2 aromatic rings. The summed E-state index contributed by atoms with van der Waals surface area (Å²) in [6.07, 6.45) is -0.631. The lowest BCUT2D eigenvalue weighted by atomic mass is 9.96. The number of amides is 1. The monoisotopic (exact) mass is 329 g/mol. The molecule has 128 valence electrons. The van der Waals surface area contributed by atoms with E-state index in [2.05, 4.69) is 11.4 Å². The minimum Gasteiger partial charge on any atom is -0.390 e. The number of nitrogens with one attached hydrogen (secondary N) is 1. The molecule has 0 aromatic heterocycles. The summed E-state index contributed by atoms with van der Waals surface area (Å²) in [5, 5.41) is 15.4. The number of ether oxygens (including phenoxy) is 2.